The van der Waals surface area contributed by atoms with Crippen LogP contribution in [0.2, 0.25) is 0 Å². The van der Waals surface area contributed by atoms with Crippen molar-refractivity contribution in [1.82, 2.24) is 0 Å². The highest BCUT2D eigenvalue weighted by molar-refractivity contribution is 5.95. The highest BCUT2D eigenvalue weighted by Gasteiger charge is 2.33. The van der Waals surface area contributed by atoms with Gasteiger partial charge in [0, 0.05) is 0 Å². The van der Waals surface area contributed by atoms with E-state index < -0.39 is 115 Å². The van der Waals surface area contributed by atoms with E-state index in [-0.39, 0.29) is 6.42 Å². The molecule has 20 heteroatoms. The van der Waals surface area contributed by atoms with E-state index in [1.165, 1.54) is 0 Å². The van der Waals surface area contributed by atoms with Crippen LogP contribution in [-0.4, -0.2) is 111 Å². The van der Waals surface area contributed by atoms with E-state index in [1.54, 1.807) is 0 Å². The Morgan fingerprint density at radius 3 is 0.488 bits per heavy atom. The predicted octanol–water partition coefficient (Wildman–Crippen LogP) is -0.527. The fourth-order valence-electron chi connectivity index (χ4n) is 2.43. The highest BCUT2D eigenvalue weighted by atomic mass is 16.4. The zero-order valence-corrected chi connectivity index (χ0v) is 22.1. The monoisotopic (exact) mass is 627 g/mol. The molecule has 0 atom stereocenters. The summed E-state index contributed by atoms with van der Waals surface area (Å²) in [5, 5.41) is 83.9. The van der Waals surface area contributed by atoms with Crippen LogP contribution in [0.3, 0.4) is 0 Å². The van der Waals surface area contributed by atoms with Crippen LogP contribution in [0.1, 0.15) is 32.1 Å². The molecule has 0 aromatic rings. The van der Waals surface area contributed by atoms with Crippen molar-refractivity contribution in [3.05, 3.63) is 20.1 Å². The van der Waals surface area contributed by atoms with E-state index in [0.29, 0.717) is 0 Å². The molecule has 10 N–H and O–H groups in total. The molecule has 0 aliphatic heterocycles. The van der Waals surface area contributed by atoms with Gasteiger partial charge in [0.05, 0.1) is 0 Å². The largest absolute Gasteiger partial charge is 0.481 e. The standard InChI is InChI=1S/2C8H10O8.C5H7O4.C2H4/c2*9-5(10)3(6(11)12)1-2-4(7(13)14)8(15)16;1-2-3(4(6)7)5(8)9;1-2/h2*3-4H,1-2H2,(H,9,10)(H,11,12)(H,13,14)(H,15,16);3H,1-2H2,(H,6,7)(H,8,9);1-2H2. The molecule has 0 heterocycles. The fourth-order valence-corrected chi connectivity index (χ4v) is 2.43. The van der Waals surface area contributed by atoms with Crippen molar-refractivity contribution < 1.29 is 99.0 Å². The smallest absolute Gasteiger partial charge is 0.317 e. The van der Waals surface area contributed by atoms with Crippen LogP contribution >= 0.6 is 0 Å². The maximum atomic E-state index is 10.4. The Bertz CT molecular complexity index is 832. The van der Waals surface area contributed by atoms with E-state index in [2.05, 4.69) is 20.1 Å². The van der Waals surface area contributed by atoms with Crippen LogP contribution in [0, 0.1) is 36.5 Å². The third-order valence-corrected chi connectivity index (χ3v) is 4.76. The van der Waals surface area contributed by atoms with Crippen molar-refractivity contribution in [3.63, 3.8) is 0 Å². The van der Waals surface area contributed by atoms with E-state index in [9.17, 15) is 47.9 Å². The van der Waals surface area contributed by atoms with Gasteiger partial charge in [-0.1, -0.05) is 6.92 Å². The number of hydrogen-bond donors (Lipinski definition) is 10. The maximum Gasteiger partial charge on any atom is 0.317 e. The van der Waals surface area contributed by atoms with Crippen LogP contribution < -0.4 is 0 Å². The SMILES string of the molecule is C=C.O=C(O)C(CCC(C(=O)O)C(=O)O)C(=O)O.O=C(O)C(CCC(C(=O)O)C(=O)O)C(=O)O.[CH2]CC(C(=O)O)C(=O)O. The number of aliphatic carboxylic acids is 10. The summed E-state index contributed by atoms with van der Waals surface area (Å²) < 4.78 is 0. The Morgan fingerprint density at radius 1 is 0.326 bits per heavy atom. The Balaban J connectivity index is -0.000000267. The number of carboxylic acid groups (broad SMARTS) is 10. The summed E-state index contributed by atoms with van der Waals surface area (Å²) in [4.78, 5) is 103. The van der Waals surface area contributed by atoms with E-state index in [1.807, 2.05) is 0 Å². The molecule has 43 heavy (non-hydrogen) atoms. The topological polar surface area (TPSA) is 373 Å². The van der Waals surface area contributed by atoms with Crippen LogP contribution in [0.25, 0.3) is 0 Å². The van der Waals surface area contributed by atoms with Crippen molar-refractivity contribution in [2.24, 2.45) is 29.6 Å². The Morgan fingerprint density at radius 2 is 0.442 bits per heavy atom. The van der Waals surface area contributed by atoms with Gasteiger partial charge in [-0.25, -0.2) is 0 Å². The zero-order valence-electron chi connectivity index (χ0n) is 22.1. The molecule has 0 aliphatic carbocycles. The number of rotatable bonds is 17. The molecule has 0 bridgehead atoms. The lowest BCUT2D eigenvalue weighted by Crippen LogP contribution is -2.28. The summed E-state index contributed by atoms with van der Waals surface area (Å²) in [7, 11) is 0. The molecular formula is C23H31O20. The van der Waals surface area contributed by atoms with Crippen molar-refractivity contribution >= 4 is 59.7 Å². The van der Waals surface area contributed by atoms with Gasteiger partial charge in [-0.3, -0.25) is 47.9 Å². The van der Waals surface area contributed by atoms with Gasteiger partial charge in [-0.15, -0.1) is 13.2 Å². The summed E-state index contributed by atoms with van der Waals surface area (Å²) in [5.41, 5.74) is 0. The van der Waals surface area contributed by atoms with Gasteiger partial charge in [0.15, 0.2) is 29.6 Å². The Hall–Kier alpha value is -5.56. The molecule has 0 amide bonds. The van der Waals surface area contributed by atoms with Gasteiger partial charge in [0.1, 0.15) is 0 Å². The normalized spacial score (nSPS) is 9.81. The van der Waals surface area contributed by atoms with Crippen molar-refractivity contribution in [3.8, 4) is 0 Å². The molecule has 0 aromatic carbocycles. The lowest BCUT2D eigenvalue weighted by Gasteiger charge is -2.09. The second kappa shape index (κ2) is 23.2. The van der Waals surface area contributed by atoms with Crippen molar-refractivity contribution in [2.75, 3.05) is 0 Å². The molecule has 0 aromatic heterocycles. The van der Waals surface area contributed by atoms with Gasteiger partial charge >= 0.3 is 59.7 Å². The zero-order chi connectivity index (χ0) is 35.2. The molecule has 0 spiro atoms. The van der Waals surface area contributed by atoms with Crippen molar-refractivity contribution in [2.45, 2.75) is 32.1 Å². The van der Waals surface area contributed by atoms with E-state index >= 15 is 0 Å². The summed E-state index contributed by atoms with van der Waals surface area (Å²) in [5.74, 6) is -24.2. The molecule has 0 saturated carbocycles. The lowest BCUT2D eigenvalue weighted by atomic mass is 9.96. The van der Waals surface area contributed by atoms with E-state index in [4.69, 9.17) is 51.1 Å². The summed E-state index contributed by atoms with van der Waals surface area (Å²) >= 11 is 0. The van der Waals surface area contributed by atoms with Gasteiger partial charge in [-0.05, 0) is 32.1 Å². The third kappa shape index (κ3) is 20.0. The first kappa shape index (κ1) is 44.5. The minimum Gasteiger partial charge on any atom is -0.481 e. The summed E-state index contributed by atoms with van der Waals surface area (Å²) in [6.45, 7) is 9.17. The average Bonchev–Trinajstić information content (AvgIpc) is 2.84. The minimum absolute atomic E-state index is 0.120. The van der Waals surface area contributed by atoms with Crippen LogP contribution in [0.5, 0.6) is 0 Å². The quantitative estimate of drug-likeness (QED) is 0.0715. The first-order valence-corrected chi connectivity index (χ1v) is 11.2. The van der Waals surface area contributed by atoms with E-state index in [0.717, 1.165) is 0 Å². The number of carboxylic acids is 10. The first-order valence-electron chi connectivity index (χ1n) is 11.2. The molecule has 0 aliphatic rings. The second-order valence-corrected chi connectivity index (χ2v) is 7.59. The molecule has 0 saturated heterocycles. The third-order valence-electron chi connectivity index (χ3n) is 4.76. The second-order valence-electron chi connectivity index (χ2n) is 7.59. The van der Waals surface area contributed by atoms with Gasteiger partial charge in [0.25, 0.3) is 0 Å². The van der Waals surface area contributed by atoms with Crippen LogP contribution in [0.4, 0.5) is 0 Å². The number of hydrogen-bond acceptors (Lipinski definition) is 10. The minimum atomic E-state index is -1.79. The van der Waals surface area contributed by atoms with Crippen molar-refractivity contribution in [1.29, 1.82) is 0 Å². The van der Waals surface area contributed by atoms with Gasteiger partial charge < -0.3 is 51.1 Å². The van der Waals surface area contributed by atoms with Gasteiger partial charge in [0.2, 0.25) is 0 Å². The Labute approximate surface area is 241 Å². The molecule has 243 valence electrons. The van der Waals surface area contributed by atoms with Gasteiger partial charge in [-0.2, -0.15) is 0 Å². The molecule has 0 unspecified atom stereocenters. The maximum absolute atomic E-state index is 10.4. The summed E-state index contributed by atoms with van der Waals surface area (Å²) in [6, 6.07) is 0. The number of carbonyl (C=O) groups is 10. The Kier molecular flexibility index (Phi) is 24.0. The average molecular weight is 627 g/mol. The molecule has 0 rings (SSSR count). The van der Waals surface area contributed by atoms with Crippen LogP contribution in [0.15, 0.2) is 13.2 Å². The fraction of sp³-hybridized carbons (Fsp3) is 0.435. The highest BCUT2D eigenvalue weighted by Crippen LogP contribution is 2.15. The molecule has 1 radical (unpaired) electrons. The predicted molar refractivity (Wildman–Crippen MR) is 134 cm³/mol. The van der Waals surface area contributed by atoms with Crippen LogP contribution in [-0.2, 0) is 47.9 Å². The molecular weight excluding hydrogens is 596 g/mol. The molecule has 0 fully saturated rings. The summed E-state index contributed by atoms with van der Waals surface area (Å²) in [6.07, 6.45) is -2.31. The lowest BCUT2D eigenvalue weighted by molar-refractivity contribution is -0.159. The molecule has 20 nitrogen and oxygen atoms in total. The first-order chi connectivity index (χ1) is 19.6.